The van der Waals surface area contributed by atoms with Crippen LogP contribution < -0.4 is 5.56 Å². The van der Waals surface area contributed by atoms with Crippen molar-refractivity contribution in [3.05, 3.63) is 115 Å². The number of benzene rings is 3. The molecule has 1 heterocycles. The fourth-order valence-corrected chi connectivity index (χ4v) is 3.76. The number of fused-ring (bicyclic) bond motifs is 1. The molecule has 31 heavy (non-hydrogen) atoms. The van der Waals surface area contributed by atoms with Crippen molar-refractivity contribution in [2.45, 2.75) is 0 Å². The summed E-state index contributed by atoms with van der Waals surface area (Å²) in [6, 6.07) is 20.6. The van der Waals surface area contributed by atoms with Crippen molar-refractivity contribution in [3.63, 3.8) is 0 Å². The van der Waals surface area contributed by atoms with Crippen LogP contribution >= 0.6 is 15.9 Å². The van der Waals surface area contributed by atoms with E-state index >= 15 is 0 Å². The van der Waals surface area contributed by atoms with Crippen molar-refractivity contribution in [3.8, 4) is 11.1 Å². The summed E-state index contributed by atoms with van der Waals surface area (Å²) in [6.45, 7) is 0. The molecule has 0 saturated heterocycles. The number of hydrogen-bond donors (Lipinski definition) is 1. The number of ketones is 1. The van der Waals surface area contributed by atoms with Crippen molar-refractivity contribution in [2.75, 3.05) is 0 Å². The second-order valence-corrected chi connectivity index (χ2v) is 7.73. The van der Waals surface area contributed by atoms with Crippen molar-refractivity contribution >= 4 is 44.4 Å². The summed E-state index contributed by atoms with van der Waals surface area (Å²) < 4.78 is 0.815. The lowest BCUT2D eigenvalue weighted by Crippen LogP contribution is -2.18. The summed E-state index contributed by atoms with van der Waals surface area (Å²) in [5.74, 6) is -0.492. The Labute approximate surface area is 185 Å². The maximum Gasteiger partial charge on any atom is 0.270 e. The molecule has 0 fully saturated rings. The zero-order valence-electron chi connectivity index (χ0n) is 16.0. The van der Waals surface area contributed by atoms with E-state index in [1.54, 1.807) is 12.1 Å². The number of carbonyl (C=O) groups is 1. The molecule has 4 rings (SSSR count). The minimum Gasteiger partial charge on any atom is -0.321 e. The van der Waals surface area contributed by atoms with Crippen LogP contribution in [0.4, 0.5) is 5.69 Å². The van der Waals surface area contributed by atoms with Gasteiger partial charge < -0.3 is 4.98 Å². The average Bonchev–Trinajstić information content (AvgIpc) is 2.77. The number of H-pyrrole nitrogens is 1. The molecule has 1 aromatic heterocycles. The Morgan fingerprint density at radius 1 is 1.00 bits per heavy atom. The largest absolute Gasteiger partial charge is 0.321 e. The van der Waals surface area contributed by atoms with Gasteiger partial charge in [0, 0.05) is 33.1 Å². The number of aromatic nitrogens is 1. The molecule has 0 radical (unpaired) electrons. The first-order valence-corrected chi connectivity index (χ1v) is 10.1. The Bertz CT molecular complexity index is 1410. The molecule has 0 atom stereocenters. The molecule has 0 amide bonds. The summed E-state index contributed by atoms with van der Waals surface area (Å²) in [4.78, 5) is 39.3. The van der Waals surface area contributed by atoms with Gasteiger partial charge in [-0.15, -0.1) is 0 Å². The Morgan fingerprint density at radius 2 is 1.77 bits per heavy atom. The molecule has 0 bridgehead atoms. The van der Waals surface area contributed by atoms with Gasteiger partial charge in [-0.1, -0.05) is 64.5 Å². The summed E-state index contributed by atoms with van der Waals surface area (Å²) in [5, 5.41) is 11.7. The monoisotopic (exact) mass is 474 g/mol. The number of carbonyl (C=O) groups excluding carboxylic acids is 1. The number of hydrogen-bond acceptors (Lipinski definition) is 4. The Morgan fingerprint density at radius 3 is 2.52 bits per heavy atom. The molecule has 152 valence electrons. The lowest BCUT2D eigenvalue weighted by atomic mass is 9.94. The highest BCUT2D eigenvalue weighted by molar-refractivity contribution is 9.10. The van der Waals surface area contributed by atoms with Crippen LogP contribution in [-0.4, -0.2) is 15.7 Å². The molecule has 6 nitrogen and oxygen atoms in total. The molecule has 0 saturated carbocycles. The van der Waals surface area contributed by atoms with Crippen molar-refractivity contribution in [1.29, 1.82) is 0 Å². The number of nitro groups is 1. The van der Waals surface area contributed by atoms with E-state index in [1.165, 1.54) is 30.4 Å². The lowest BCUT2D eigenvalue weighted by Gasteiger charge is -2.11. The predicted molar refractivity (Wildman–Crippen MR) is 124 cm³/mol. The first kappa shape index (κ1) is 20.4. The second-order valence-electron chi connectivity index (χ2n) is 6.81. The van der Waals surface area contributed by atoms with Crippen LogP contribution in [-0.2, 0) is 0 Å². The number of aromatic amines is 1. The highest BCUT2D eigenvalue weighted by Gasteiger charge is 2.19. The van der Waals surface area contributed by atoms with Gasteiger partial charge in [0.25, 0.3) is 11.2 Å². The summed E-state index contributed by atoms with van der Waals surface area (Å²) in [5.41, 5.74) is 1.82. The summed E-state index contributed by atoms with van der Waals surface area (Å²) in [6.07, 6.45) is 2.73. The van der Waals surface area contributed by atoms with E-state index in [2.05, 4.69) is 20.9 Å². The molecule has 0 aliphatic carbocycles. The molecule has 3 aromatic carbocycles. The minimum atomic E-state index is -0.501. The quantitative estimate of drug-likeness (QED) is 0.172. The number of nitro benzene ring substituents is 1. The van der Waals surface area contributed by atoms with Crippen molar-refractivity contribution in [1.82, 2.24) is 4.98 Å². The average molecular weight is 475 g/mol. The summed E-state index contributed by atoms with van der Waals surface area (Å²) in [7, 11) is 0. The lowest BCUT2D eigenvalue weighted by molar-refractivity contribution is -0.384. The molecule has 0 aliphatic heterocycles. The van der Waals surface area contributed by atoms with Crippen LogP contribution in [0, 0.1) is 10.1 Å². The van der Waals surface area contributed by atoms with Crippen molar-refractivity contribution < 1.29 is 9.72 Å². The van der Waals surface area contributed by atoms with E-state index in [1.807, 2.05) is 42.5 Å². The van der Waals surface area contributed by atoms with Gasteiger partial charge in [-0.2, -0.15) is 0 Å². The molecule has 7 heteroatoms. The van der Waals surface area contributed by atoms with Gasteiger partial charge in [0.2, 0.25) is 0 Å². The van der Waals surface area contributed by atoms with E-state index in [4.69, 9.17) is 0 Å². The van der Waals surface area contributed by atoms with Crippen LogP contribution in [0.1, 0.15) is 15.9 Å². The number of rotatable bonds is 5. The van der Waals surface area contributed by atoms with Crippen molar-refractivity contribution in [2.24, 2.45) is 0 Å². The molecule has 1 N–H and O–H groups in total. The smallest absolute Gasteiger partial charge is 0.270 e. The van der Waals surface area contributed by atoms with Crippen LogP contribution in [0.25, 0.3) is 28.1 Å². The van der Waals surface area contributed by atoms with Gasteiger partial charge in [-0.3, -0.25) is 19.7 Å². The Kier molecular flexibility index (Phi) is 5.60. The van der Waals surface area contributed by atoms with E-state index in [-0.39, 0.29) is 11.3 Å². The highest BCUT2D eigenvalue weighted by atomic mass is 79.9. The van der Waals surface area contributed by atoms with E-state index < -0.39 is 16.3 Å². The SMILES string of the molecule is O=C(C=Cc1cccc([N+](=O)[O-])c1)c1c(-c2ccccc2)c2cc(Br)ccc2[nH]c1=O. The van der Waals surface area contributed by atoms with Gasteiger partial charge in [-0.05, 0) is 35.4 Å². The Balaban J connectivity index is 1.88. The highest BCUT2D eigenvalue weighted by Crippen LogP contribution is 2.31. The fourth-order valence-electron chi connectivity index (χ4n) is 3.40. The minimum absolute atomic E-state index is 0.0125. The third kappa shape index (κ3) is 4.22. The fraction of sp³-hybridized carbons (Fsp3) is 0. The number of nitrogens with zero attached hydrogens (tertiary/aromatic N) is 1. The van der Waals surface area contributed by atoms with Gasteiger partial charge >= 0.3 is 0 Å². The van der Waals surface area contributed by atoms with E-state index in [0.29, 0.717) is 16.6 Å². The standard InChI is InChI=1S/C24H15BrN2O4/c25-17-10-11-20-19(14-17)22(16-6-2-1-3-7-16)23(24(29)26-20)21(28)12-9-15-5-4-8-18(13-15)27(30)31/h1-14H,(H,26,29). The van der Waals surface area contributed by atoms with Crippen LogP contribution in [0.3, 0.4) is 0 Å². The zero-order valence-corrected chi connectivity index (χ0v) is 17.6. The molecule has 0 aliphatic rings. The third-order valence-electron chi connectivity index (χ3n) is 4.79. The molecule has 0 spiro atoms. The van der Waals surface area contributed by atoms with Gasteiger partial charge in [0.1, 0.15) is 0 Å². The molecular weight excluding hydrogens is 460 g/mol. The number of nitrogens with one attached hydrogen (secondary N) is 1. The maximum atomic E-state index is 13.1. The number of pyridine rings is 1. The summed E-state index contributed by atoms with van der Waals surface area (Å²) >= 11 is 3.45. The second kappa shape index (κ2) is 8.49. The third-order valence-corrected chi connectivity index (χ3v) is 5.29. The zero-order chi connectivity index (χ0) is 22.0. The van der Waals surface area contributed by atoms with E-state index in [9.17, 15) is 19.7 Å². The predicted octanol–water partition coefficient (Wildman–Crippen LogP) is 5.76. The topological polar surface area (TPSA) is 93.1 Å². The normalized spacial score (nSPS) is 11.1. The van der Waals surface area contributed by atoms with Gasteiger partial charge in [0.15, 0.2) is 5.78 Å². The van der Waals surface area contributed by atoms with Crippen LogP contribution in [0.15, 0.2) is 88.1 Å². The number of allylic oxidation sites excluding steroid dienone is 1. The Hall–Kier alpha value is -3.84. The van der Waals surface area contributed by atoms with Gasteiger partial charge in [-0.25, -0.2) is 0 Å². The first-order valence-electron chi connectivity index (χ1n) is 9.32. The van der Waals surface area contributed by atoms with Crippen LogP contribution in [0.5, 0.6) is 0 Å². The van der Waals surface area contributed by atoms with Gasteiger partial charge in [0.05, 0.1) is 10.5 Å². The number of non-ortho nitro benzene ring substituents is 1. The molecule has 0 unspecified atom stereocenters. The maximum absolute atomic E-state index is 13.1. The molecule has 4 aromatic rings. The first-order chi connectivity index (χ1) is 14.9. The van der Waals surface area contributed by atoms with Crippen LogP contribution in [0.2, 0.25) is 0 Å². The van der Waals surface area contributed by atoms with E-state index in [0.717, 1.165) is 15.4 Å². The number of halogens is 1. The molecular formula is C24H15BrN2O4.